The number of methoxy groups -OCH3 is 1. The highest BCUT2D eigenvalue weighted by molar-refractivity contribution is 7.99. The largest absolute Gasteiger partial charge is 0.383 e. The lowest BCUT2D eigenvalue weighted by molar-refractivity contribution is -0.119. The molecule has 6 heteroatoms. The second-order valence-corrected chi connectivity index (χ2v) is 7.38. The molecular formula is C17H29N3O2S. The van der Waals surface area contributed by atoms with E-state index in [-0.39, 0.29) is 5.91 Å². The number of aryl methyl sites for hydroxylation is 1. The van der Waals surface area contributed by atoms with Gasteiger partial charge in [0.05, 0.1) is 18.1 Å². The van der Waals surface area contributed by atoms with Gasteiger partial charge in [-0.1, -0.05) is 31.5 Å². The Kier molecular flexibility index (Phi) is 6.96. The molecule has 1 amide bonds. The van der Waals surface area contributed by atoms with Crippen molar-refractivity contribution in [2.24, 2.45) is 5.92 Å². The van der Waals surface area contributed by atoms with Gasteiger partial charge in [0.25, 0.3) is 0 Å². The minimum Gasteiger partial charge on any atom is -0.383 e. The molecule has 2 unspecified atom stereocenters. The summed E-state index contributed by atoms with van der Waals surface area (Å²) < 4.78 is 7.30. The van der Waals surface area contributed by atoms with Crippen molar-refractivity contribution in [3.63, 3.8) is 0 Å². The highest BCUT2D eigenvalue weighted by atomic mass is 32.2. The van der Waals surface area contributed by atoms with E-state index in [2.05, 4.69) is 28.7 Å². The van der Waals surface area contributed by atoms with E-state index in [0.717, 1.165) is 29.5 Å². The van der Waals surface area contributed by atoms with Crippen LogP contribution in [0, 0.1) is 19.8 Å². The van der Waals surface area contributed by atoms with Gasteiger partial charge in [0.1, 0.15) is 0 Å². The number of thioether (sulfide) groups is 1. The van der Waals surface area contributed by atoms with Crippen LogP contribution in [0.2, 0.25) is 0 Å². The highest BCUT2D eigenvalue weighted by Gasteiger charge is 2.23. The first kappa shape index (κ1) is 18.3. The fourth-order valence-corrected chi connectivity index (χ4v) is 4.02. The molecule has 130 valence electrons. The summed E-state index contributed by atoms with van der Waals surface area (Å²) in [6.07, 6.45) is 4.84. The van der Waals surface area contributed by atoms with Gasteiger partial charge in [-0.3, -0.25) is 4.79 Å². The Morgan fingerprint density at radius 2 is 2.13 bits per heavy atom. The van der Waals surface area contributed by atoms with Crippen LogP contribution in [0.25, 0.3) is 0 Å². The maximum Gasteiger partial charge on any atom is 0.230 e. The molecule has 0 spiro atoms. The van der Waals surface area contributed by atoms with Crippen LogP contribution in [0.5, 0.6) is 0 Å². The van der Waals surface area contributed by atoms with Gasteiger partial charge in [0, 0.05) is 25.4 Å². The molecule has 1 N–H and O–H groups in total. The van der Waals surface area contributed by atoms with E-state index in [9.17, 15) is 4.79 Å². The van der Waals surface area contributed by atoms with Crippen LogP contribution in [0.1, 0.15) is 44.0 Å². The maximum absolute atomic E-state index is 12.3. The lowest BCUT2D eigenvalue weighted by Crippen LogP contribution is -2.41. The molecule has 1 aliphatic carbocycles. The topological polar surface area (TPSA) is 56.1 Å². The van der Waals surface area contributed by atoms with Crippen LogP contribution >= 0.6 is 11.8 Å². The van der Waals surface area contributed by atoms with Crippen LogP contribution in [-0.2, 0) is 16.1 Å². The average molecular weight is 340 g/mol. The Labute approximate surface area is 143 Å². The van der Waals surface area contributed by atoms with Crippen molar-refractivity contribution < 1.29 is 9.53 Å². The van der Waals surface area contributed by atoms with Crippen LogP contribution in [0.4, 0.5) is 0 Å². The van der Waals surface area contributed by atoms with E-state index < -0.39 is 0 Å². The number of rotatable bonds is 7. The second kappa shape index (κ2) is 8.73. The van der Waals surface area contributed by atoms with Gasteiger partial charge < -0.3 is 14.6 Å². The van der Waals surface area contributed by atoms with Gasteiger partial charge in [0.15, 0.2) is 5.16 Å². The summed E-state index contributed by atoms with van der Waals surface area (Å²) >= 11 is 1.51. The molecule has 23 heavy (non-hydrogen) atoms. The normalized spacial score (nSPS) is 21.4. The number of carbonyl (C=O) groups excluding carboxylic acids is 1. The summed E-state index contributed by atoms with van der Waals surface area (Å²) in [5.74, 6) is 1.13. The molecule has 1 aromatic heterocycles. The standard InChI is InChI=1S/C17H29N3O2S/c1-12-7-5-6-8-15(12)19-16(21)11-23-17-18-13(2)14(3)20(17)9-10-22-4/h12,15H,5-11H2,1-4H3,(H,19,21). The number of imidazole rings is 1. The number of hydrogen-bond donors (Lipinski definition) is 1. The minimum atomic E-state index is 0.116. The lowest BCUT2D eigenvalue weighted by atomic mass is 9.86. The highest BCUT2D eigenvalue weighted by Crippen LogP contribution is 2.24. The first-order chi connectivity index (χ1) is 11.0. The fraction of sp³-hybridized carbons (Fsp3) is 0.765. The Morgan fingerprint density at radius 1 is 1.39 bits per heavy atom. The average Bonchev–Trinajstić information content (AvgIpc) is 2.80. The third-order valence-electron chi connectivity index (χ3n) is 4.73. The Balaban J connectivity index is 1.89. The molecule has 0 radical (unpaired) electrons. The SMILES string of the molecule is COCCn1c(SCC(=O)NC2CCCCC2C)nc(C)c1C. The first-order valence-corrected chi connectivity index (χ1v) is 9.46. The zero-order valence-corrected chi connectivity index (χ0v) is 15.5. The quantitative estimate of drug-likeness (QED) is 0.776. The van der Waals surface area contributed by atoms with E-state index >= 15 is 0 Å². The molecule has 0 bridgehead atoms. The monoisotopic (exact) mass is 339 g/mol. The molecule has 2 rings (SSSR count). The number of hydrogen-bond acceptors (Lipinski definition) is 4. The summed E-state index contributed by atoms with van der Waals surface area (Å²) in [7, 11) is 1.70. The molecule has 1 saturated carbocycles. The molecule has 0 aromatic carbocycles. The Morgan fingerprint density at radius 3 is 2.83 bits per heavy atom. The van der Waals surface area contributed by atoms with Crippen molar-refractivity contribution in [2.75, 3.05) is 19.5 Å². The lowest BCUT2D eigenvalue weighted by Gasteiger charge is -2.29. The van der Waals surface area contributed by atoms with E-state index in [1.54, 1.807) is 7.11 Å². The van der Waals surface area contributed by atoms with Gasteiger partial charge in [0.2, 0.25) is 5.91 Å². The van der Waals surface area contributed by atoms with Crippen LogP contribution in [-0.4, -0.2) is 41.0 Å². The van der Waals surface area contributed by atoms with Crippen molar-refractivity contribution in [1.82, 2.24) is 14.9 Å². The Bertz CT molecular complexity index is 530. The van der Waals surface area contributed by atoms with Gasteiger partial charge in [-0.05, 0) is 32.6 Å². The number of nitrogens with zero attached hydrogens (tertiary/aromatic N) is 2. The van der Waals surface area contributed by atoms with Crippen LogP contribution in [0.3, 0.4) is 0 Å². The minimum absolute atomic E-state index is 0.116. The summed E-state index contributed by atoms with van der Waals surface area (Å²) in [4.78, 5) is 16.8. The second-order valence-electron chi connectivity index (χ2n) is 6.43. The van der Waals surface area contributed by atoms with Crippen molar-refractivity contribution in [3.05, 3.63) is 11.4 Å². The molecule has 1 heterocycles. The van der Waals surface area contributed by atoms with Crippen molar-refractivity contribution in [3.8, 4) is 0 Å². The van der Waals surface area contributed by atoms with Crippen molar-refractivity contribution in [2.45, 2.75) is 64.2 Å². The molecule has 5 nitrogen and oxygen atoms in total. The number of nitrogens with one attached hydrogen (secondary N) is 1. The van der Waals surface area contributed by atoms with Gasteiger partial charge in [-0.25, -0.2) is 4.98 Å². The predicted molar refractivity (Wildman–Crippen MR) is 93.9 cm³/mol. The molecule has 2 atom stereocenters. The van der Waals surface area contributed by atoms with Crippen LogP contribution in [0.15, 0.2) is 5.16 Å². The maximum atomic E-state index is 12.3. The van der Waals surface area contributed by atoms with Gasteiger partial charge in [-0.15, -0.1) is 0 Å². The van der Waals surface area contributed by atoms with Gasteiger partial charge in [-0.2, -0.15) is 0 Å². The number of aromatic nitrogens is 2. The number of amides is 1. The summed E-state index contributed by atoms with van der Waals surface area (Å²) in [5, 5.41) is 4.11. The zero-order valence-electron chi connectivity index (χ0n) is 14.7. The summed E-state index contributed by atoms with van der Waals surface area (Å²) in [6, 6.07) is 0.341. The number of ether oxygens (including phenoxy) is 1. The summed E-state index contributed by atoms with van der Waals surface area (Å²) in [5.41, 5.74) is 2.16. The van der Waals surface area contributed by atoms with E-state index in [4.69, 9.17) is 4.74 Å². The third kappa shape index (κ3) is 4.98. The van der Waals surface area contributed by atoms with E-state index in [0.29, 0.717) is 24.3 Å². The molecule has 1 aromatic rings. The number of carbonyl (C=O) groups is 1. The molecular weight excluding hydrogens is 310 g/mol. The summed E-state index contributed by atoms with van der Waals surface area (Å²) in [6.45, 7) is 7.72. The van der Waals surface area contributed by atoms with Crippen molar-refractivity contribution in [1.29, 1.82) is 0 Å². The third-order valence-corrected chi connectivity index (χ3v) is 5.71. The van der Waals surface area contributed by atoms with E-state index in [1.165, 1.54) is 31.0 Å². The van der Waals surface area contributed by atoms with Gasteiger partial charge >= 0.3 is 0 Å². The van der Waals surface area contributed by atoms with Crippen molar-refractivity contribution >= 4 is 17.7 Å². The predicted octanol–water partition coefficient (Wildman–Crippen LogP) is 2.93. The Hall–Kier alpha value is -1.01. The smallest absolute Gasteiger partial charge is 0.230 e. The fourth-order valence-electron chi connectivity index (χ4n) is 3.09. The van der Waals surface area contributed by atoms with Crippen LogP contribution < -0.4 is 5.32 Å². The molecule has 1 fully saturated rings. The molecule has 0 aliphatic heterocycles. The first-order valence-electron chi connectivity index (χ1n) is 8.47. The molecule has 1 aliphatic rings. The molecule has 0 saturated heterocycles. The zero-order chi connectivity index (χ0) is 16.8. The van der Waals surface area contributed by atoms with E-state index in [1.807, 2.05) is 6.92 Å².